The van der Waals surface area contributed by atoms with E-state index in [1.54, 1.807) is 7.11 Å². The summed E-state index contributed by atoms with van der Waals surface area (Å²) in [5.74, 6) is 0.355. The maximum Gasteiger partial charge on any atom is 0.337 e. The largest absolute Gasteiger partial charge is 0.497 e. The summed E-state index contributed by atoms with van der Waals surface area (Å²) in [6, 6.07) is 35.0. The van der Waals surface area contributed by atoms with Crippen molar-refractivity contribution in [2.45, 2.75) is 30.6 Å². The van der Waals surface area contributed by atoms with Crippen LogP contribution in [-0.2, 0) is 21.6 Å². The quantitative estimate of drug-likeness (QED) is 0.237. The van der Waals surface area contributed by atoms with E-state index in [2.05, 4.69) is 74.3 Å². The molecular weight excluding hydrogens is 540 g/mol. The van der Waals surface area contributed by atoms with Crippen molar-refractivity contribution < 1.29 is 14.3 Å². The number of carbonyl (C=O) groups excluding carboxylic acids is 1. The average Bonchev–Trinajstić information content (AvgIpc) is 3.29. The van der Waals surface area contributed by atoms with Gasteiger partial charge in [-0.05, 0) is 65.6 Å². The summed E-state index contributed by atoms with van der Waals surface area (Å²) in [7, 11) is 3.17. The van der Waals surface area contributed by atoms with Crippen molar-refractivity contribution in [3.05, 3.63) is 124 Å². The van der Waals surface area contributed by atoms with E-state index >= 15 is 0 Å². The van der Waals surface area contributed by atoms with Gasteiger partial charge in [-0.15, -0.1) is 0 Å². The van der Waals surface area contributed by atoms with Crippen LogP contribution in [0.15, 0.2) is 108 Å². The Bertz CT molecular complexity index is 1450. The standard InChI is InChI=1S/C32H29BrN2O3/c1-37-26-17-18-29-27(19-26)28-20-30(34(29)21-22-9-5-3-6-10-22)35(25-15-13-24(33)14-16-25)32(28,31(36)38-2)23-11-7-4-8-12-23/h3-19,28,30H,20-21H2,1-2H3/t28-,30-,32-/m0/s1. The molecule has 6 rings (SSSR count). The molecule has 0 aromatic heterocycles. The van der Waals surface area contributed by atoms with Gasteiger partial charge in [-0.1, -0.05) is 76.6 Å². The molecule has 4 aromatic rings. The molecule has 4 aromatic carbocycles. The first-order valence-electron chi connectivity index (χ1n) is 12.7. The van der Waals surface area contributed by atoms with Crippen LogP contribution >= 0.6 is 15.9 Å². The molecule has 0 unspecified atom stereocenters. The molecule has 5 nitrogen and oxygen atoms in total. The van der Waals surface area contributed by atoms with Crippen molar-refractivity contribution in [2.24, 2.45) is 0 Å². The number of benzene rings is 4. The van der Waals surface area contributed by atoms with Gasteiger partial charge >= 0.3 is 5.97 Å². The van der Waals surface area contributed by atoms with Gasteiger partial charge in [0.15, 0.2) is 5.54 Å². The van der Waals surface area contributed by atoms with Crippen molar-refractivity contribution in [1.29, 1.82) is 0 Å². The van der Waals surface area contributed by atoms with Crippen molar-refractivity contribution >= 4 is 33.3 Å². The van der Waals surface area contributed by atoms with Gasteiger partial charge in [0.2, 0.25) is 0 Å². The molecule has 0 spiro atoms. The predicted octanol–water partition coefficient (Wildman–Crippen LogP) is 6.87. The molecule has 2 heterocycles. The van der Waals surface area contributed by atoms with Crippen LogP contribution in [0.1, 0.15) is 29.0 Å². The van der Waals surface area contributed by atoms with Gasteiger partial charge in [-0.3, -0.25) is 0 Å². The minimum atomic E-state index is -1.07. The summed E-state index contributed by atoms with van der Waals surface area (Å²) in [5.41, 5.74) is 4.22. The van der Waals surface area contributed by atoms with Gasteiger partial charge < -0.3 is 19.3 Å². The number of carbonyl (C=O) groups is 1. The van der Waals surface area contributed by atoms with Crippen LogP contribution in [0, 0.1) is 0 Å². The summed E-state index contributed by atoms with van der Waals surface area (Å²) >= 11 is 3.59. The third-order valence-corrected chi connectivity index (χ3v) is 8.45. The van der Waals surface area contributed by atoms with E-state index < -0.39 is 5.54 Å². The van der Waals surface area contributed by atoms with Crippen molar-refractivity contribution in [1.82, 2.24) is 0 Å². The van der Waals surface area contributed by atoms with Crippen molar-refractivity contribution in [3.8, 4) is 5.75 Å². The molecule has 0 radical (unpaired) electrons. The fraction of sp³-hybridized carbons (Fsp3) is 0.219. The molecule has 2 bridgehead atoms. The lowest BCUT2D eigenvalue weighted by molar-refractivity contribution is -0.148. The molecule has 38 heavy (non-hydrogen) atoms. The van der Waals surface area contributed by atoms with Crippen LogP contribution < -0.4 is 14.5 Å². The maximum absolute atomic E-state index is 14.2. The minimum Gasteiger partial charge on any atom is -0.497 e. The molecule has 192 valence electrons. The first-order chi connectivity index (χ1) is 18.6. The molecule has 2 aliphatic heterocycles. The molecule has 1 saturated heterocycles. The molecule has 0 N–H and O–H groups in total. The zero-order valence-electron chi connectivity index (χ0n) is 21.4. The second kappa shape index (κ2) is 9.84. The van der Waals surface area contributed by atoms with Gasteiger partial charge in [0.05, 0.1) is 14.2 Å². The number of ether oxygens (including phenoxy) is 2. The minimum absolute atomic E-state index is 0.0819. The zero-order valence-corrected chi connectivity index (χ0v) is 23.0. The molecule has 3 atom stereocenters. The van der Waals surface area contributed by atoms with E-state index in [4.69, 9.17) is 9.47 Å². The summed E-state index contributed by atoms with van der Waals surface area (Å²) in [4.78, 5) is 19.0. The van der Waals surface area contributed by atoms with Gasteiger partial charge in [0, 0.05) is 28.3 Å². The Morgan fingerprint density at radius 3 is 2.26 bits per heavy atom. The highest BCUT2D eigenvalue weighted by Gasteiger charge is 2.64. The Hall–Kier alpha value is -3.77. The second-order valence-electron chi connectivity index (χ2n) is 9.78. The Balaban J connectivity index is 1.65. The SMILES string of the molecule is COC(=O)[C@]1(c2ccccc2)[C@H]2C[C@@H](N(Cc3ccccc3)c3ccc(OC)cc32)N1c1ccc(Br)cc1. The van der Waals surface area contributed by atoms with Crippen LogP contribution in [-0.4, -0.2) is 26.4 Å². The maximum atomic E-state index is 14.2. The Kier molecular flexibility index (Phi) is 6.36. The van der Waals surface area contributed by atoms with E-state index in [1.807, 2.05) is 54.6 Å². The number of anilines is 2. The van der Waals surface area contributed by atoms with E-state index in [9.17, 15) is 4.79 Å². The number of methoxy groups -OCH3 is 2. The first kappa shape index (κ1) is 24.6. The van der Waals surface area contributed by atoms with E-state index in [0.717, 1.165) is 39.1 Å². The van der Waals surface area contributed by atoms with Crippen LogP contribution in [0.3, 0.4) is 0 Å². The number of hydrogen-bond donors (Lipinski definition) is 0. The number of rotatable bonds is 6. The number of fused-ring (bicyclic) bond motifs is 5. The van der Waals surface area contributed by atoms with Crippen LogP contribution in [0.25, 0.3) is 0 Å². The highest BCUT2D eigenvalue weighted by molar-refractivity contribution is 9.10. The third-order valence-electron chi connectivity index (χ3n) is 7.92. The van der Waals surface area contributed by atoms with E-state index in [1.165, 1.54) is 12.7 Å². The van der Waals surface area contributed by atoms with Crippen LogP contribution in [0.2, 0.25) is 0 Å². The Morgan fingerprint density at radius 2 is 1.61 bits per heavy atom. The summed E-state index contributed by atoms with van der Waals surface area (Å²) in [5, 5.41) is 0. The average molecular weight is 569 g/mol. The van der Waals surface area contributed by atoms with Crippen LogP contribution in [0.5, 0.6) is 5.75 Å². The molecule has 1 fully saturated rings. The molecule has 6 heteroatoms. The fourth-order valence-electron chi connectivity index (χ4n) is 6.36. The lowest BCUT2D eigenvalue weighted by Crippen LogP contribution is -2.56. The number of esters is 1. The lowest BCUT2D eigenvalue weighted by Gasteiger charge is -2.44. The molecular formula is C32H29BrN2O3. The normalized spacial score (nSPS) is 21.7. The summed E-state index contributed by atoms with van der Waals surface area (Å²) < 4.78 is 12.3. The molecule has 0 amide bonds. The van der Waals surface area contributed by atoms with Gasteiger partial charge in [-0.2, -0.15) is 0 Å². The van der Waals surface area contributed by atoms with E-state index in [-0.39, 0.29) is 18.1 Å². The highest BCUT2D eigenvalue weighted by Crippen LogP contribution is 2.60. The second-order valence-corrected chi connectivity index (χ2v) is 10.7. The van der Waals surface area contributed by atoms with Crippen LogP contribution in [0.4, 0.5) is 11.4 Å². The van der Waals surface area contributed by atoms with Gasteiger partial charge in [0.1, 0.15) is 11.9 Å². The smallest absolute Gasteiger partial charge is 0.337 e. The molecule has 2 aliphatic rings. The molecule has 0 saturated carbocycles. The number of hydrogen-bond acceptors (Lipinski definition) is 5. The Labute approximate surface area is 231 Å². The number of nitrogens with zero attached hydrogens (tertiary/aromatic N) is 2. The lowest BCUT2D eigenvalue weighted by atomic mass is 9.73. The highest BCUT2D eigenvalue weighted by atomic mass is 79.9. The summed E-state index contributed by atoms with van der Waals surface area (Å²) in [6.07, 6.45) is 0.675. The number of halogens is 1. The van der Waals surface area contributed by atoms with Crippen molar-refractivity contribution in [3.63, 3.8) is 0 Å². The van der Waals surface area contributed by atoms with Gasteiger partial charge in [-0.25, -0.2) is 4.79 Å². The summed E-state index contributed by atoms with van der Waals surface area (Å²) in [6.45, 7) is 0.705. The topological polar surface area (TPSA) is 42.0 Å². The zero-order chi connectivity index (χ0) is 26.3. The first-order valence-corrected chi connectivity index (χ1v) is 13.5. The fourth-order valence-corrected chi connectivity index (χ4v) is 6.63. The third kappa shape index (κ3) is 3.78. The predicted molar refractivity (Wildman–Crippen MR) is 154 cm³/mol. The van der Waals surface area contributed by atoms with Crippen molar-refractivity contribution in [2.75, 3.05) is 24.0 Å². The Morgan fingerprint density at radius 1 is 0.921 bits per heavy atom. The molecule has 0 aliphatic carbocycles. The van der Waals surface area contributed by atoms with Gasteiger partial charge in [0.25, 0.3) is 0 Å². The van der Waals surface area contributed by atoms with E-state index in [0.29, 0.717) is 6.54 Å². The monoisotopic (exact) mass is 568 g/mol.